The molecule has 0 aliphatic rings. The van der Waals surface area contributed by atoms with Crippen LogP contribution in [0.5, 0.6) is 0 Å². The molecule has 0 heterocycles. The van der Waals surface area contributed by atoms with Crippen LogP contribution in [0.15, 0.2) is 0 Å². The van der Waals surface area contributed by atoms with Crippen LogP contribution in [0.1, 0.15) is 53.9 Å². The smallest absolute Gasteiger partial charge is 0.303 e. The molecule has 0 aromatic rings. The molecule has 0 unspecified atom stereocenters. The highest BCUT2D eigenvalue weighted by Gasteiger charge is 2.23. The molecule has 5 heteroatoms. The fraction of sp³-hybridized carbons (Fsp3) is 0.846. The van der Waals surface area contributed by atoms with Gasteiger partial charge in [0.25, 0.3) is 0 Å². The van der Waals surface area contributed by atoms with Gasteiger partial charge in [0.15, 0.2) is 0 Å². The average molecular weight is 259 g/mol. The third kappa shape index (κ3) is 8.98. The van der Waals surface area contributed by atoms with Crippen molar-refractivity contribution in [1.82, 2.24) is 5.32 Å². The maximum absolute atomic E-state index is 11.0. The Bertz CT molecular complexity index is 297. The van der Waals surface area contributed by atoms with Crippen molar-refractivity contribution in [3.8, 4) is 0 Å². The molecule has 0 spiro atoms. The summed E-state index contributed by atoms with van der Waals surface area (Å²) in [6.45, 7) is 9.59. The molecule has 0 atom stereocenters. The van der Waals surface area contributed by atoms with Gasteiger partial charge in [-0.2, -0.15) is 0 Å². The van der Waals surface area contributed by atoms with E-state index in [4.69, 9.17) is 9.84 Å². The number of hydrogen-bond acceptors (Lipinski definition) is 3. The SMILES string of the molecule is CC(=O)NC(C)(C)CCOC(C)(C)CCC(=O)O. The van der Waals surface area contributed by atoms with E-state index in [1.165, 1.54) is 6.92 Å². The van der Waals surface area contributed by atoms with Gasteiger partial charge in [-0.05, 0) is 40.5 Å². The van der Waals surface area contributed by atoms with Crippen molar-refractivity contribution in [2.45, 2.75) is 65.0 Å². The first kappa shape index (κ1) is 16.9. The van der Waals surface area contributed by atoms with Gasteiger partial charge in [0.05, 0.1) is 5.60 Å². The van der Waals surface area contributed by atoms with Crippen molar-refractivity contribution in [1.29, 1.82) is 0 Å². The van der Waals surface area contributed by atoms with E-state index in [0.29, 0.717) is 19.4 Å². The molecule has 18 heavy (non-hydrogen) atoms. The molecule has 0 radical (unpaired) electrons. The fourth-order valence-electron chi connectivity index (χ4n) is 1.60. The van der Waals surface area contributed by atoms with E-state index in [2.05, 4.69) is 5.32 Å². The molecule has 1 amide bonds. The van der Waals surface area contributed by atoms with Crippen LogP contribution >= 0.6 is 0 Å². The summed E-state index contributed by atoms with van der Waals surface area (Å²) in [5, 5.41) is 11.5. The number of aliphatic carboxylic acids is 1. The first-order valence-corrected chi connectivity index (χ1v) is 6.19. The summed E-state index contributed by atoms with van der Waals surface area (Å²) in [5.74, 6) is -0.879. The van der Waals surface area contributed by atoms with Crippen molar-refractivity contribution in [2.24, 2.45) is 0 Å². The minimum atomic E-state index is -0.815. The number of amides is 1. The fourth-order valence-corrected chi connectivity index (χ4v) is 1.60. The van der Waals surface area contributed by atoms with Gasteiger partial charge in [-0.3, -0.25) is 9.59 Å². The maximum Gasteiger partial charge on any atom is 0.303 e. The summed E-state index contributed by atoms with van der Waals surface area (Å²) in [5.41, 5.74) is -0.764. The van der Waals surface area contributed by atoms with Gasteiger partial charge >= 0.3 is 5.97 Å². The Hall–Kier alpha value is -1.10. The van der Waals surface area contributed by atoms with Crippen LogP contribution in [0, 0.1) is 0 Å². The van der Waals surface area contributed by atoms with Crippen molar-refractivity contribution in [3.05, 3.63) is 0 Å². The summed E-state index contributed by atoms with van der Waals surface area (Å²) >= 11 is 0. The molecule has 5 nitrogen and oxygen atoms in total. The summed E-state index contributed by atoms with van der Waals surface area (Å²) in [6.07, 6.45) is 1.26. The second-order valence-electron chi connectivity index (χ2n) is 5.82. The average Bonchev–Trinajstić information content (AvgIpc) is 2.12. The van der Waals surface area contributed by atoms with E-state index in [-0.39, 0.29) is 17.9 Å². The Balaban J connectivity index is 4.01. The van der Waals surface area contributed by atoms with Crippen LogP contribution in [-0.4, -0.2) is 34.7 Å². The van der Waals surface area contributed by atoms with Crippen molar-refractivity contribution < 1.29 is 19.4 Å². The van der Waals surface area contributed by atoms with Crippen LogP contribution in [0.4, 0.5) is 0 Å². The number of rotatable bonds is 8. The van der Waals surface area contributed by atoms with E-state index < -0.39 is 11.6 Å². The quantitative estimate of drug-likeness (QED) is 0.698. The van der Waals surface area contributed by atoms with Gasteiger partial charge in [-0.15, -0.1) is 0 Å². The van der Waals surface area contributed by atoms with Gasteiger partial charge < -0.3 is 15.2 Å². The van der Waals surface area contributed by atoms with Crippen LogP contribution < -0.4 is 5.32 Å². The first-order valence-electron chi connectivity index (χ1n) is 6.19. The third-order valence-electron chi connectivity index (χ3n) is 2.68. The number of carbonyl (C=O) groups excluding carboxylic acids is 1. The lowest BCUT2D eigenvalue weighted by Crippen LogP contribution is -2.43. The molecule has 0 fully saturated rings. The molecule has 0 aliphatic carbocycles. The van der Waals surface area contributed by atoms with Crippen molar-refractivity contribution >= 4 is 11.9 Å². The summed E-state index contributed by atoms with van der Waals surface area (Å²) in [7, 11) is 0. The minimum Gasteiger partial charge on any atom is -0.481 e. The lowest BCUT2D eigenvalue weighted by molar-refractivity contribution is -0.139. The monoisotopic (exact) mass is 259 g/mol. The summed E-state index contributed by atoms with van der Waals surface area (Å²) < 4.78 is 5.68. The van der Waals surface area contributed by atoms with E-state index >= 15 is 0 Å². The number of carboxylic acid groups (broad SMARTS) is 1. The van der Waals surface area contributed by atoms with Gasteiger partial charge in [0.2, 0.25) is 5.91 Å². The Morgan fingerprint density at radius 1 is 1.17 bits per heavy atom. The number of hydrogen-bond donors (Lipinski definition) is 2. The Kier molecular flexibility index (Phi) is 6.32. The molecule has 0 saturated heterocycles. The second kappa shape index (κ2) is 6.73. The Labute approximate surface area is 109 Å². The zero-order valence-electron chi connectivity index (χ0n) is 12.0. The number of carboxylic acids is 1. The topological polar surface area (TPSA) is 75.6 Å². The van der Waals surface area contributed by atoms with Gasteiger partial charge in [0.1, 0.15) is 0 Å². The standard InChI is InChI=1S/C13H25NO4/c1-10(15)14-12(2,3)8-9-18-13(4,5)7-6-11(16)17/h6-9H2,1-5H3,(H,14,15)(H,16,17). The highest BCUT2D eigenvalue weighted by Crippen LogP contribution is 2.18. The number of carbonyl (C=O) groups is 2. The molecule has 0 saturated carbocycles. The van der Waals surface area contributed by atoms with Crippen LogP contribution in [0.25, 0.3) is 0 Å². The predicted molar refractivity (Wildman–Crippen MR) is 69.4 cm³/mol. The predicted octanol–water partition coefficient (Wildman–Crippen LogP) is 1.95. The zero-order chi connectivity index (χ0) is 14.4. The van der Waals surface area contributed by atoms with Crippen LogP contribution in [0.3, 0.4) is 0 Å². The lowest BCUT2D eigenvalue weighted by Gasteiger charge is -2.29. The molecular formula is C13H25NO4. The van der Waals surface area contributed by atoms with Crippen molar-refractivity contribution in [2.75, 3.05) is 6.61 Å². The molecule has 0 rings (SSSR count). The highest BCUT2D eigenvalue weighted by molar-refractivity contribution is 5.73. The van der Waals surface area contributed by atoms with Crippen LogP contribution in [-0.2, 0) is 14.3 Å². The van der Waals surface area contributed by atoms with E-state index in [9.17, 15) is 9.59 Å². The first-order chi connectivity index (χ1) is 8.04. The number of ether oxygens (including phenoxy) is 1. The minimum absolute atomic E-state index is 0.0647. The molecule has 0 bridgehead atoms. The zero-order valence-corrected chi connectivity index (χ0v) is 12.0. The highest BCUT2D eigenvalue weighted by atomic mass is 16.5. The molecule has 2 N–H and O–H groups in total. The van der Waals surface area contributed by atoms with Gasteiger partial charge in [0, 0.05) is 25.5 Å². The Morgan fingerprint density at radius 2 is 1.72 bits per heavy atom. The van der Waals surface area contributed by atoms with Gasteiger partial charge in [-0.1, -0.05) is 0 Å². The van der Waals surface area contributed by atoms with Crippen molar-refractivity contribution in [3.63, 3.8) is 0 Å². The molecular weight excluding hydrogens is 234 g/mol. The molecule has 0 aliphatic heterocycles. The van der Waals surface area contributed by atoms with E-state index in [1.54, 1.807) is 0 Å². The number of nitrogens with one attached hydrogen (secondary N) is 1. The lowest BCUT2D eigenvalue weighted by atomic mass is 10.00. The van der Waals surface area contributed by atoms with E-state index in [1.807, 2.05) is 27.7 Å². The van der Waals surface area contributed by atoms with E-state index in [0.717, 1.165) is 0 Å². The third-order valence-corrected chi connectivity index (χ3v) is 2.68. The largest absolute Gasteiger partial charge is 0.481 e. The maximum atomic E-state index is 11.0. The van der Waals surface area contributed by atoms with Gasteiger partial charge in [-0.25, -0.2) is 0 Å². The Morgan fingerprint density at radius 3 is 2.17 bits per heavy atom. The molecule has 0 aromatic carbocycles. The molecule has 0 aromatic heterocycles. The van der Waals surface area contributed by atoms with Crippen LogP contribution in [0.2, 0.25) is 0 Å². The second-order valence-corrected chi connectivity index (χ2v) is 5.82. The molecule has 106 valence electrons. The summed E-state index contributed by atoms with van der Waals surface area (Å²) in [6, 6.07) is 0. The summed E-state index contributed by atoms with van der Waals surface area (Å²) in [4.78, 5) is 21.5. The normalized spacial score (nSPS) is 12.3.